The summed E-state index contributed by atoms with van der Waals surface area (Å²) >= 11 is 0. The van der Waals surface area contributed by atoms with E-state index in [1.54, 1.807) is 19.1 Å². The van der Waals surface area contributed by atoms with Gasteiger partial charge in [0, 0.05) is 27.1 Å². The number of nitrogens with one attached hydrogen (secondary N) is 1. The Bertz CT molecular complexity index is 140. The number of amides is 1. The lowest BCUT2D eigenvalue weighted by Gasteiger charge is -2.16. The molecule has 0 rings (SSSR count). The van der Waals surface area contributed by atoms with E-state index in [1.165, 1.54) is 0 Å². The minimum absolute atomic E-state index is 0.187. The number of rotatable bonds is 7. The summed E-state index contributed by atoms with van der Waals surface area (Å²) in [4.78, 5) is 13.1. The molecule has 0 aromatic heterocycles. The third-order valence-corrected chi connectivity index (χ3v) is 1.87. The average Bonchev–Trinajstić information content (AvgIpc) is 2.14. The molecule has 0 saturated heterocycles. The molecule has 0 heterocycles. The zero-order valence-corrected chi connectivity index (χ0v) is 8.80. The second-order valence-corrected chi connectivity index (χ2v) is 3.02. The van der Waals surface area contributed by atoms with Crippen LogP contribution in [0.2, 0.25) is 0 Å². The second-order valence-electron chi connectivity index (χ2n) is 3.02. The molecule has 0 aliphatic carbocycles. The maximum Gasteiger partial charge on any atom is 0.222 e. The Hall–Kier alpha value is -0.610. The predicted octanol–water partition coefficient (Wildman–Crippen LogP) is 0.0908. The van der Waals surface area contributed by atoms with Crippen LogP contribution in [0.3, 0.4) is 0 Å². The number of likely N-dealkylation sites (N-methyl/N-ethyl adjacent to an activating group) is 1. The van der Waals surface area contributed by atoms with Gasteiger partial charge in [0.05, 0.1) is 6.61 Å². The molecule has 0 unspecified atom stereocenters. The van der Waals surface area contributed by atoms with E-state index in [9.17, 15) is 4.79 Å². The molecule has 0 saturated carbocycles. The van der Waals surface area contributed by atoms with Gasteiger partial charge < -0.3 is 15.0 Å². The van der Waals surface area contributed by atoms with Crippen molar-refractivity contribution in [1.82, 2.24) is 10.2 Å². The molecule has 0 bridgehead atoms. The van der Waals surface area contributed by atoms with Crippen LogP contribution in [-0.2, 0) is 9.53 Å². The van der Waals surface area contributed by atoms with E-state index in [1.807, 2.05) is 7.05 Å². The lowest BCUT2D eigenvalue weighted by Crippen LogP contribution is -2.30. The van der Waals surface area contributed by atoms with Crippen molar-refractivity contribution < 1.29 is 9.53 Å². The highest BCUT2D eigenvalue weighted by Crippen LogP contribution is 1.94. The highest BCUT2D eigenvalue weighted by molar-refractivity contribution is 5.75. The summed E-state index contributed by atoms with van der Waals surface area (Å²) in [6, 6.07) is 0. The maximum absolute atomic E-state index is 11.4. The Morgan fingerprint density at radius 1 is 1.54 bits per heavy atom. The van der Waals surface area contributed by atoms with Crippen molar-refractivity contribution in [2.75, 3.05) is 40.9 Å². The van der Waals surface area contributed by atoms with Crippen LogP contribution in [-0.4, -0.2) is 51.7 Å². The molecule has 1 N–H and O–H groups in total. The van der Waals surface area contributed by atoms with Crippen molar-refractivity contribution >= 4 is 5.91 Å². The standard InChI is InChI=1S/C9H20N2O2/c1-10-6-4-5-9(12)11(2)7-8-13-3/h10H,4-8H2,1-3H3. The summed E-state index contributed by atoms with van der Waals surface area (Å²) in [5.41, 5.74) is 0. The van der Waals surface area contributed by atoms with Gasteiger partial charge in [-0.1, -0.05) is 0 Å². The molecule has 0 radical (unpaired) electrons. The summed E-state index contributed by atoms with van der Waals surface area (Å²) in [6.07, 6.45) is 1.51. The van der Waals surface area contributed by atoms with Crippen molar-refractivity contribution in [1.29, 1.82) is 0 Å². The number of nitrogens with zero attached hydrogens (tertiary/aromatic N) is 1. The van der Waals surface area contributed by atoms with Gasteiger partial charge in [-0.15, -0.1) is 0 Å². The second kappa shape index (κ2) is 8.01. The largest absolute Gasteiger partial charge is 0.383 e. The molecule has 0 aromatic carbocycles. The predicted molar refractivity (Wildman–Crippen MR) is 52.7 cm³/mol. The Morgan fingerprint density at radius 3 is 2.77 bits per heavy atom. The third kappa shape index (κ3) is 6.54. The minimum Gasteiger partial charge on any atom is -0.383 e. The normalized spacial score (nSPS) is 10.1. The molecule has 0 fully saturated rings. The van der Waals surface area contributed by atoms with Crippen LogP contribution in [0.1, 0.15) is 12.8 Å². The summed E-state index contributed by atoms with van der Waals surface area (Å²) in [5, 5.41) is 3.01. The first kappa shape index (κ1) is 12.4. The van der Waals surface area contributed by atoms with Gasteiger partial charge in [0.1, 0.15) is 0 Å². The molecule has 4 heteroatoms. The van der Waals surface area contributed by atoms with Crippen LogP contribution in [0, 0.1) is 0 Å². The maximum atomic E-state index is 11.4. The fourth-order valence-corrected chi connectivity index (χ4v) is 0.960. The van der Waals surface area contributed by atoms with Gasteiger partial charge in [0.2, 0.25) is 5.91 Å². The molecule has 1 amide bonds. The van der Waals surface area contributed by atoms with E-state index in [4.69, 9.17) is 4.74 Å². The lowest BCUT2D eigenvalue weighted by atomic mass is 10.3. The number of carbonyl (C=O) groups excluding carboxylic acids is 1. The van der Waals surface area contributed by atoms with Crippen LogP contribution in [0.15, 0.2) is 0 Å². The van der Waals surface area contributed by atoms with Crippen molar-refractivity contribution in [2.24, 2.45) is 0 Å². The third-order valence-electron chi connectivity index (χ3n) is 1.87. The van der Waals surface area contributed by atoms with E-state index < -0.39 is 0 Å². The quantitative estimate of drug-likeness (QED) is 0.576. The minimum atomic E-state index is 0.187. The average molecular weight is 188 g/mol. The van der Waals surface area contributed by atoms with Crippen molar-refractivity contribution in [2.45, 2.75) is 12.8 Å². The molecule has 13 heavy (non-hydrogen) atoms. The SMILES string of the molecule is CNCCCC(=O)N(C)CCOC. The molecule has 0 aliphatic heterocycles. The van der Waals surface area contributed by atoms with Gasteiger partial charge in [-0.2, -0.15) is 0 Å². The van der Waals surface area contributed by atoms with Crippen LogP contribution in [0.4, 0.5) is 0 Å². The molecule has 0 aliphatic rings. The van der Waals surface area contributed by atoms with Gasteiger partial charge >= 0.3 is 0 Å². The molecule has 0 spiro atoms. The van der Waals surface area contributed by atoms with Gasteiger partial charge in [-0.25, -0.2) is 0 Å². The zero-order valence-electron chi connectivity index (χ0n) is 8.80. The van der Waals surface area contributed by atoms with E-state index in [-0.39, 0.29) is 5.91 Å². The Kier molecular flexibility index (Phi) is 7.63. The number of carbonyl (C=O) groups is 1. The number of hydrogen-bond acceptors (Lipinski definition) is 3. The van der Waals surface area contributed by atoms with Gasteiger partial charge in [-0.3, -0.25) is 4.79 Å². The Morgan fingerprint density at radius 2 is 2.23 bits per heavy atom. The summed E-state index contributed by atoms with van der Waals surface area (Å²) in [5.74, 6) is 0.187. The molecule has 0 atom stereocenters. The van der Waals surface area contributed by atoms with Gasteiger partial charge in [0.25, 0.3) is 0 Å². The molecule has 78 valence electrons. The van der Waals surface area contributed by atoms with Crippen molar-refractivity contribution in [3.8, 4) is 0 Å². The molecular weight excluding hydrogens is 168 g/mol. The van der Waals surface area contributed by atoms with E-state index in [0.29, 0.717) is 19.6 Å². The van der Waals surface area contributed by atoms with E-state index >= 15 is 0 Å². The van der Waals surface area contributed by atoms with Crippen molar-refractivity contribution in [3.63, 3.8) is 0 Å². The van der Waals surface area contributed by atoms with Crippen LogP contribution >= 0.6 is 0 Å². The monoisotopic (exact) mass is 188 g/mol. The first-order valence-electron chi connectivity index (χ1n) is 4.60. The zero-order chi connectivity index (χ0) is 10.1. The van der Waals surface area contributed by atoms with Crippen molar-refractivity contribution in [3.05, 3.63) is 0 Å². The number of hydrogen-bond donors (Lipinski definition) is 1. The smallest absolute Gasteiger partial charge is 0.222 e. The fraction of sp³-hybridized carbons (Fsp3) is 0.889. The first-order chi connectivity index (χ1) is 6.22. The molecule has 4 nitrogen and oxygen atoms in total. The first-order valence-corrected chi connectivity index (χ1v) is 4.60. The highest BCUT2D eigenvalue weighted by Gasteiger charge is 2.06. The number of ether oxygens (including phenoxy) is 1. The fourth-order valence-electron chi connectivity index (χ4n) is 0.960. The van der Waals surface area contributed by atoms with Gasteiger partial charge in [-0.05, 0) is 20.0 Å². The lowest BCUT2D eigenvalue weighted by molar-refractivity contribution is -0.130. The number of methoxy groups -OCH3 is 1. The van der Waals surface area contributed by atoms with Crippen LogP contribution < -0.4 is 5.32 Å². The molecule has 0 aromatic rings. The Labute approximate surface area is 80.2 Å². The summed E-state index contributed by atoms with van der Waals surface area (Å²) in [6.45, 7) is 2.17. The topological polar surface area (TPSA) is 41.6 Å². The van der Waals surface area contributed by atoms with E-state index in [0.717, 1.165) is 13.0 Å². The van der Waals surface area contributed by atoms with Gasteiger partial charge in [0.15, 0.2) is 0 Å². The highest BCUT2D eigenvalue weighted by atomic mass is 16.5. The summed E-state index contributed by atoms with van der Waals surface area (Å²) in [7, 11) is 5.33. The van der Waals surface area contributed by atoms with E-state index in [2.05, 4.69) is 5.32 Å². The summed E-state index contributed by atoms with van der Waals surface area (Å²) < 4.78 is 4.88. The Balaban J connectivity index is 3.45. The molecular formula is C9H20N2O2. The van der Waals surface area contributed by atoms with Crippen LogP contribution in [0.5, 0.6) is 0 Å². The van der Waals surface area contributed by atoms with Crippen LogP contribution in [0.25, 0.3) is 0 Å².